The lowest BCUT2D eigenvalue weighted by atomic mass is 10.1. The Morgan fingerprint density at radius 1 is 1.26 bits per heavy atom. The fraction of sp³-hybridized carbons (Fsp3) is 0.368. The number of nitrogens with zero attached hydrogens (tertiary/aromatic N) is 2. The molecule has 2 aromatic rings. The summed E-state index contributed by atoms with van der Waals surface area (Å²) in [5, 5.41) is 6.10. The number of halogens is 3. The van der Waals surface area contributed by atoms with Gasteiger partial charge in [0, 0.05) is 38.4 Å². The van der Waals surface area contributed by atoms with Crippen LogP contribution in [-0.2, 0) is 23.8 Å². The summed E-state index contributed by atoms with van der Waals surface area (Å²) in [5.74, 6) is 0.0340. The summed E-state index contributed by atoms with van der Waals surface area (Å²) >= 11 is 0. The molecule has 0 saturated heterocycles. The molecule has 2 N–H and O–H groups in total. The van der Waals surface area contributed by atoms with Crippen LogP contribution in [0.5, 0.6) is 0 Å². The van der Waals surface area contributed by atoms with Crippen LogP contribution in [0.4, 0.5) is 30.4 Å². The number of nitrogens with one attached hydrogen (secondary N) is 2. The normalized spacial score (nSPS) is 13.1. The van der Waals surface area contributed by atoms with Gasteiger partial charge in [-0.15, -0.1) is 0 Å². The van der Waals surface area contributed by atoms with Crippen molar-refractivity contribution in [3.05, 3.63) is 47.2 Å². The van der Waals surface area contributed by atoms with Crippen molar-refractivity contribution >= 4 is 23.1 Å². The predicted octanol–water partition coefficient (Wildman–Crippen LogP) is 3.71. The van der Waals surface area contributed by atoms with E-state index in [2.05, 4.69) is 15.6 Å². The Balaban J connectivity index is 1.66. The second-order valence-electron chi connectivity index (χ2n) is 6.67. The molecule has 1 aromatic heterocycles. The molecule has 0 bridgehead atoms. The lowest BCUT2D eigenvalue weighted by molar-refractivity contribution is -0.141. The first-order chi connectivity index (χ1) is 12.7. The summed E-state index contributed by atoms with van der Waals surface area (Å²) in [6.07, 6.45) is -3.12. The van der Waals surface area contributed by atoms with Crippen molar-refractivity contribution in [2.45, 2.75) is 25.4 Å². The van der Waals surface area contributed by atoms with Gasteiger partial charge in [0.1, 0.15) is 11.5 Å². The van der Waals surface area contributed by atoms with Crippen LogP contribution in [0.1, 0.15) is 23.2 Å². The van der Waals surface area contributed by atoms with Gasteiger partial charge in [-0.1, -0.05) is 6.07 Å². The number of amides is 1. The van der Waals surface area contributed by atoms with E-state index in [0.29, 0.717) is 12.0 Å². The molecule has 0 unspecified atom stereocenters. The van der Waals surface area contributed by atoms with E-state index in [0.717, 1.165) is 36.0 Å². The summed E-state index contributed by atoms with van der Waals surface area (Å²) < 4.78 is 38.6. The Kier molecular flexibility index (Phi) is 5.25. The molecule has 144 valence electrons. The summed E-state index contributed by atoms with van der Waals surface area (Å²) in [6, 6.07) is 8.05. The molecule has 1 aliphatic heterocycles. The Morgan fingerprint density at radius 3 is 2.74 bits per heavy atom. The Bertz CT molecular complexity index is 849. The molecule has 27 heavy (non-hydrogen) atoms. The molecule has 0 saturated carbocycles. The first-order valence-electron chi connectivity index (χ1n) is 8.65. The number of aromatic nitrogens is 1. The lowest BCUT2D eigenvalue weighted by Crippen LogP contribution is -2.18. The van der Waals surface area contributed by atoms with Crippen molar-refractivity contribution < 1.29 is 18.0 Å². The zero-order valence-electron chi connectivity index (χ0n) is 15.2. The number of carbonyl (C=O) groups excluding carboxylic acids is 1. The molecule has 3 rings (SSSR count). The SMILES string of the molecule is CN(C)c1nc(C(F)(F)F)ccc1CCC(=O)Nc1ccc2c(c1)CCN2. The number of alkyl halides is 3. The minimum absolute atomic E-state index is 0.156. The highest BCUT2D eigenvalue weighted by Crippen LogP contribution is 2.30. The van der Waals surface area contributed by atoms with Gasteiger partial charge in [-0.05, 0) is 48.2 Å². The van der Waals surface area contributed by atoms with Crippen molar-refractivity contribution in [2.24, 2.45) is 0 Å². The van der Waals surface area contributed by atoms with Gasteiger partial charge in [-0.3, -0.25) is 4.79 Å². The van der Waals surface area contributed by atoms with E-state index >= 15 is 0 Å². The molecule has 0 spiro atoms. The third-order valence-corrected chi connectivity index (χ3v) is 4.39. The molecule has 0 aliphatic carbocycles. The van der Waals surface area contributed by atoms with Crippen LogP contribution in [0, 0.1) is 0 Å². The molecule has 1 aromatic carbocycles. The van der Waals surface area contributed by atoms with Crippen LogP contribution in [0.2, 0.25) is 0 Å². The van der Waals surface area contributed by atoms with Crippen LogP contribution < -0.4 is 15.5 Å². The topological polar surface area (TPSA) is 57.3 Å². The van der Waals surface area contributed by atoms with E-state index in [1.165, 1.54) is 11.0 Å². The van der Waals surface area contributed by atoms with Crippen molar-refractivity contribution in [1.82, 2.24) is 4.98 Å². The molecular formula is C19H21F3N4O. The van der Waals surface area contributed by atoms with E-state index < -0.39 is 11.9 Å². The third-order valence-electron chi connectivity index (χ3n) is 4.39. The molecule has 1 amide bonds. The minimum atomic E-state index is -4.50. The number of benzene rings is 1. The average molecular weight is 378 g/mol. The monoisotopic (exact) mass is 378 g/mol. The van der Waals surface area contributed by atoms with Crippen molar-refractivity contribution in [3.8, 4) is 0 Å². The van der Waals surface area contributed by atoms with Crippen molar-refractivity contribution in [1.29, 1.82) is 0 Å². The maximum atomic E-state index is 12.9. The van der Waals surface area contributed by atoms with E-state index in [4.69, 9.17) is 0 Å². The Morgan fingerprint density at radius 2 is 2.04 bits per heavy atom. The van der Waals surface area contributed by atoms with Gasteiger partial charge in [0.2, 0.25) is 5.91 Å². The Labute approximate surface area is 155 Å². The smallest absolute Gasteiger partial charge is 0.384 e. The average Bonchev–Trinajstić information content (AvgIpc) is 3.06. The van der Waals surface area contributed by atoms with Gasteiger partial charge in [0.15, 0.2) is 0 Å². The number of aryl methyl sites for hydroxylation is 1. The highest BCUT2D eigenvalue weighted by molar-refractivity contribution is 5.91. The van der Waals surface area contributed by atoms with Crippen molar-refractivity contribution in [3.63, 3.8) is 0 Å². The number of rotatable bonds is 5. The maximum absolute atomic E-state index is 12.9. The van der Waals surface area contributed by atoms with Gasteiger partial charge < -0.3 is 15.5 Å². The van der Waals surface area contributed by atoms with Crippen molar-refractivity contribution in [2.75, 3.05) is 36.2 Å². The van der Waals surface area contributed by atoms with Gasteiger partial charge >= 0.3 is 6.18 Å². The van der Waals surface area contributed by atoms with Gasteiger partial charge in [-0.2, -0.15) is 13.2 Å². The lowest BCUT2D eigenvalue weighted by Gasteiger charge is -2.18. The van der Waals surface area contributed by atoms with Crippen LogP contribution in [0.15, 0.2) is 30.3 Å². The number of pyridine rings is 1. The van der Waals surface area contributed by atoms with Crippen LogP contribution >= 0.6 is 0 Å². The number of carbonyl (C=O) groups is 1. The van der Waals surface area contributed by atoms with E-state index in [1.54, 1.807) is 14.1 Å². The zero-order valence-corrected chi connectivity index (χ0v) is 15.2. The van der Waals surface area contributed by atoms with Gasteiger partial charge in [0.05, 0.1) is 0 Å². The fourth-order valence-corrected chi connectivity index (χ4v) is 3.07. The molecular weight excluding hydrogens is 357 g/mol. The molecule has 1 aliphatic rings. The highest BCUT2D eigenvalue weighted by atomic mass is 19.4. The highest BCUT2D eigenvalue weighted by Gasteiger charge is 2.33. The molecule has 5 nitrogen and oxygen atoms in total. The molecule has 0 radical (unpaired) electrons. The summed E-state index contributed by atoms with van der Waals surface area (Å²) in [5.41, 5.74) is 2.63. The number of hydrogen-bond donors (Lipinski definition) is 2. The van der Waals surface area contributed by atoms with E-state index in [-0.39, 0.29) is 18.1 Å². The van der Waals surface area contributed by atoms with Crippen LogP contribution in [-0.4, -0.2) is 31.5 Å². The second-order valence-corrected chi connectivity index (χ2v) is 6.67. The third kappa shape index (κ3) is 4.50. The number of hydrogen-bond acceptors (Lipinski definition) is 4. The summed E-state index contributed by atoms with van der Waals surface area (Å²) in [6.45, 7) is 0.890. The predicted molar refractivity (Wildman–Crippen MR) is 99.2 cm³/mol. The standard InChI is InChI=1S/C19H21F3N4O/c1-26(2)18-12(3-7-16(25-18)19(20,21)22)4-8-17(27)24-14-5-6-15-13(11-14)9-10-23-15/h3,5-7,11,23H,4,8-10H2,1-2H3,(H,24,27). The zero-order chi connectivity index (χ0) is 19.6. The molecule has 8 heteroatoms. The molecule has 0 atom stereocenters. The second kappa shape index (κ2) is 7.46. The number of anilines is 3. The minimum Gasteiger partial charge on any atom is -0.384 e. The largest absolute Gasteiger partial charge is 0.433 e. The fourth-order valence-electron chi connectivity index (χ4n) is 3.07. The quantitative estimate of drug-likeness (QED) is 0.833. The summed E-state index contributed by atoms with van der Waals surface area (Å²) in [4.78, 5) is 17.5. The summed E-state index contributed by atoms with van der Waals surface area (Å²) in [7, 11) is 3.26. The first-order valence-corrected chi connectivity index (χ1v) is 8.65. The van der Waals surface area contributed by atoms with E-state index in [9.17, 15) is 18.0 Å². The van der Waals surface area contributed by atoms with Gasteiger partial charge in [0.25, 0.3) is 0 Å². The molecule has 2 heterocycles. The number of fused-ring (bicyclic) bond motifs is 1. The van der Waals surface area contributed by atoms with E-state index in [1.807, 2.05) is 18.2 Å². The van der Waals surface area contributed by atoms with Crippen LogP contribution in [0.25, 0.3) is 0 Å². The molecule has 0 fully saturated rings. The Hall–Kier alpha value is -2.77. The first kappa shape index (κ1) is 19.0. The van der Waals surface area contributed by atoms with Crippen LogP contribution in [0.3, 0.4) is 0 Å². The maximum Gasteiger partial charge on any atom is 0.433 e. The van der Waals surface area contributed by atoms with Gasteiger partial charge in [-0.25, -0.2) is 4.98 Å².